The van der Waals surface area contributed by atoms with Gasteiger partial charge in [-0.3, -0.25) is 5.41 Å². The van der Waals surface area contributed by atoms with Gasteiger partial charge < -0.3 is 15.4 Å². The molecule has 0 atom stereocenters. The summed E-state index contributed by atoms with van der Waals surface area (Å²) in [5.41, 5.74) is 7.08. The Bertz CT molecular complexity index is 443. The maximum absolute atomic E-state index is 7.56. The van der Waals surface area contributed by atoms with Crippen molar-refractivity contribution in [2.45, 2.75) is 25.8 Å². The summed E-state index contributed by atoms with van der Waals surface area (Å²) in [5.74, 6) is 0.470. The molecule has 1 saturated carbocycles. The van der Waals surface area contributed by atoms with Crippen LogP contribution in [0.2, 0.25) is 0 Å². The van der Waals surface area contributed by atoms with Gasteiger partial charge in [0, 0.05) is 18.8 Å². The van der Waals surface area contributed by atoms with Gasteiger partial charge in [0.05, 0.1) is 5.56 Å². The summed E-state index contributed by atoms with van der Waals surface area (Å²) in [6.45, 7) is 3.35. The second kappa shape index (κ2) is 5.35. The fraction of sp³-hybridized carbons (Fsp3) is 0.538. The van der Waals surface area contributed by atoms with E-state index in [1.54, 1.807) is 6.20 Å². The molecule has 5 heteroatoms. The van der Waals surface area contributed by atoms with Gasteiger partial charge in [-0.25, -0.2) is 4.98 Å². The van der Waals surface area contributed by atoms with Crippen molar-refractivity contribution >= 4 is 5.84 Å². The monoisotopic (exact) mass is 248 g/mol. The number of amidine groups is 1. The van der Waals surface area contributed by atoms with Crippen LogP contribution in [0.25, 0.3) is 0 Å². The number of aryl methyl sites for hydroxylation is 1. The van der Waals surface area contributed by atoms with Crippen molar-refractivity contribution < 1.29 is 4.74 Å². The lowest BCUT2D eigenvalue weighted by molar-refractivity contribution is 0.226. The quantitative estimate of drug-likeness (QED) is 0.585. The van der Waals surface area contributed by atoms with Crippen LogP contribution in [0.4, 0.5) is 0 Å². The third-order valence-corrected chi connectivity index (χ3v) is 3.25. The van der Waals surface area contributed by atoms with Crippen LogP contribution in [0.5, 0.6) is 5.88 Å². The van der Waals surface area contributed by atoms with E-state index < -0.39 is 0 Å². The van der Waals surface area contributed by atoms with E-state index >= 15 is 0 Å². The molecule has 5 nitrogen and oxygen atoms in total. The van der Waals surface area contributed by atoms with Crippen LogP contribution in [-0.4, -0.2) is 42.0 Å². The lowest BCUT2D eigenvalue weighted by Gasteiger charge is -2.16. The first kappa shape index (κ1) is 12.8. The summed E-state index contributed by atoms with van der Waals surface area (Å²) in [4.78, 5) is 6.45. The molecule has 0 unspecified atom stereocenters. The Hall–Kier alpha value is -1.62. The van der Waals surface area contributed by atoms with Gasteiger partial charge in [0.2, 0.25) is 5.88 Å². The van der Waals surface area contributed by atoms with Crippen molar-refractivity contribution in [3.63, 3.8) is 0 Å². The zero-order valence-corrected chi connectivity index (χ0v) is 10.9. The normalized spacial score (nSPS) is 14.8. The van der Waals surface area contributed by atoms with Crippen molar-refractivity contribution in [2.75, 3.05) is 20.2 Å². The van der Waals surface area contributed by atoms with Crippen molar-refractivity contribution in [3.8, 4) is 5.88 Å². The fourth-order valence-corrected chi connectivity index (χ4v) is 1.95. The standard InChI is InChI=1S/C13H20N4O/c1-9-5-6-16-13(11(9)12(14)15)18-8-7-17(2)10-3-4-10/h5-6,10H,3-4,7-8H2,1-2H3,(H3,14,15). The van der Waals surface area contributed by atoms with Gasteiger partial charge in [0.25, 0.3) is 0 Å². The van der Waals surface area contributed by atoms with E-state index in [1.807, 2.05) is 13.0 Å². The number of nitrogens with one attached hydrogen (secondary N) is 1. The molecule has 0 saturated heterocycles. The summed E-state index contributed by atoms with van der Waals surface area (Å²) >= 11 is 0. The molecule has 0 radical (unpaired) electrons. The highest BCUT2D eigenvalue weighted by molar-refractivity contribution is 5.98. The van der Waals surface area contributed by atoms with Crippen LogP contribution in [0.1, 0.15) is 24.0 Å². The average Bonchev–Trinajstić information content (AvgIpc) is 3.12. The van der Waals surface area contributed by atoms with Gasteiger partial charge in [0.15, 0.2) is 0 Å². The number of nitrogens with zero attached hydrogens (tertiary/aromatic N) is 2. The van der Waals surface area contributed by atoms with Crippen LogP contribution in [-0.2, 0) is 0 Å². The molecule has 0 bridgehead atoms. The number of rotatable bonds is 6. The summed E-state index contributed by atoms with van der Waals surface area (Å²) in [5, 5.41) is 7.56. The van der Waals surface area contributed by atoms with E-state index in [0.717, 1.165) is 18.2 Å². The Labute approximate surface area is 107 Å². The molecule has 98 valence electrons. The molecule has 1 heterocycles. The Balaban J connectivity index is 1.95. The number of nitrogen functional groups attached to an aromatic ring is 1. The van der Waals surface area contributed by atoms with E-state index in [4.69, 9.17) is 15.9 Å². The maximum atomic E-state index is 7.56. The Morgan fingerprint density at radius 2 is 2.33 bits per heavy atom. The number of nitrogens with two attached hydrogens (primary N) is 1. The highest BCUT2D eigenvalue weighted by atomic mass is 16.5. The highest BCUT2D eigenvalue weighted by Gasteiger charge is 2.25. The molecule has 18 heavy (non-hydrogen) atoms. The summed E-state index contributed by atoms with van der Waals surface area (Å²) in [6, 6.07) is 2.56. The third kappa shape index (κ3) is 2.98. The molecule has 0 spiro atoms. The fourth-order valence-electron chi connectivity index (χ4n) is 1.95. The Kier molecular flexibility index (Phi) is 3.81. The number of aromatic nitrogens is 1. The van der Waals surface area contributed by atoms with Gasteiger partial charge in [-0.15, -0.1) is 0 Å². The minimum Gasteiger partial charge on any atom is -0.476 e. The molecule has 1 aromatic rings. The molecule has 1 aromatic heterocycles. The molecule has 0 aliphatic heterocycles. The average molecular weight is 248 g/mol. The molecule has 0 aromatic carbocycles. The van der Waals surface area contributed by atoms with Crippen molar-refractivity contribution in [3.05, 3.63) is 23.4 Å². The second-order valence-corrected chi connectivity index (χ2v) is 4.78. The largest absolute Gasteiger partial charge is 0.476 e. The van der Waals surface area contributed by atoms with E-state index in [2.05, 4.69) is 16.9 Å². The summed E-state index contributed by atoms with van der Waals surface area (Å²) in [7, 11) is 2.11. The zero-order valence-electron chi connectivity index (χ0n) is 10.9. The first-order valence-electron chi connectivity index (χ1n) is 6.22. The molecule has 2 rings (SSSR count). The highest BCUT2D eigenvalue weighted by Crippen LogP contribution is 2.25. The first-order chi connectivity index (χ1) is 8.59. The number of pyridine rings is 1. The van der Waals surface area contributed by atoms with Gasteiger partial charge >= 0.3 is 0 Å². The van der Waals surface area contributed by atoms with Crippen molar-refractivity contribution in [1.82, 2.24) is 9.88 Å². The molecule has 0 amide bonds. The number of likely N-dealkylation sites (N-methyl/N-ethyl adjacent to an activating group) is 1. The predicted molar refractivity (Wildman–Crippen MR) is 71.1 cm³/mol. The zero-order chi connectivity index (χ0) is 13.1. The molecular weight excluding hydrogens is 228 g/mol. The molecule has 1 fully saturated rings. The number of ether oxygens (including phenoxy) is 1. The van der Waals surface area contributed by atoms with Gasteiger partial charge in [-0.1, -0.05) is 0 Å². The number of hydrogen-bond acceptors (Lipinski definition) is 4. The van der Waals surface area contributed by atoms with Gasteiger partial charge in [-0.2, -0.15) is 0 Å². The Morgan fingerprint density at radius 1 is 1.61 bits per heavy atom. The summed E-state index contributed by atoms with van der Waals surface area (Å²) < 4.78 is 5.65. The smallest absolute Gasteiger partial charge is 0.224 e. The van der Waals surface area contributed by atoms with Crippen LogP contribution in [0, 0.1) is 12.3 Å². The molecule has 1 aliphatic carbocycles. The van der Waals surface area contributed by atoms with E-state index in [0.29, 0.717) is 18.1 Å². The number of hydrogen-bond donors (Lipinski definition) is 2. The van der Waals surface area contributed by atoms with E-state index in [1.165, 1.54) is 12.8 Å². The predicted octanol–water partition coefficient (Wildman–Crippen LogP) is 1.15. The maximum Gasteiger partial charge on any atom is 0.224 e. The topological polar surface area (TPSA) is 75.2 Å². The summed E-state index contributed by atoms with van der Waals surface area (Å²) in [6.07, 6.45) is 4.26. The molecule has 1 aliphatic rings. The minimum atomic E-state index is 0.00569. The third-order valence-electron chi connectivity index (χ3n) is 3.25. The van der Waals surface area contributed by atoms with Crippen LogP contribution < -0.4 is 10.5 Å². The lowest BCUT2D eigenvalue weighted by Crippen LogP contribution is -2.27. The minimum absolute atomic E-state index is 0.00569. The van der Waals surface area contributed by atoms with Crippen molar-refractivity contribution in [2.24, 2.45) is 5.73 Å². The van der Waals surface area contributed by atoms with Gasteiger partial charge in [-0.05, 0) is 38.4 Å². The first-order valence-corrected chi connectivity index (χ1v) is 6.22. The van der Waals surface area contributed by atoms with E-state index in [-0.39, 0.29) is 5.84 Å². The van der Waals surface area contributed by atoms with Crippen LogP contribution in [0.15, 0.2) is 12.3 Å². The Morgan fingerprint density at radius 3 is 2.94 bits per heavy atom. The molecule has 3 N–H and O–H groups in total. The lowest BCUT2D eigenvalue weighted by atomic mass is 10.1. The van der Waals surface area contributed by atoms with Crippen molar-refractivity contribution in [1.29, 1.82) is 5.41 Å². The van der Waals surface area contributed by atoms with Gasteiger partial charge in [0.1, 0.15) is 12.4 Å². The SMILES string of the molecule is Cc1ccnc(OCCN(C)C2CC2)c1C(=N)N. The van der Waals surface area contributed by atoms with E-state index in [9.17, 15) is 0 Å². The molecular formula is C13H20N4O. The van der Waals surface area contributed by atoms with Crippen LogP contribution >= 0.6 is 0 Å². The van der Waals surface area contributed by atoms with Crippen LogP contribution in [0.3, 0.4) is 0 Å². The second-order valence-electron chi connectivity index (χ2n) is 4.78.